The van der Waals surface area contributed by atoms with Gasteiger partial charge >= 0.3 is 0 Å². The van der Waals surface area contributed by atoms with Crippen LogP contribution in [0.1, 0.15) is 12.1 Å². The predicted octanol–water partition coefficient (Wildman–Crippen LogP) is 5.87. The van der Waals surface area contributed by atoms with E-state index in [-0.39, 0.29) is 5.57 Å². The van der Waals surface area contributed by atoms with E-state index in [9.17, 15) is 13.7 Å². The fourth-order valence-corrected chi connectivity index (χ4v) is 4.79. The SMILES string of the molecule is O=NOC[C@@H]1C=CC(c2nc(NCC3CCNC3)nc3ccc(-c4ccccc4Cl)cc23)=CC1(F)F. The summed E-state index contributed by atoms with van der Waals surface area (Å²) in [7, 11) is 0. The highest BCUT2D eigenvalue weighted by atomic mass is 35.5. The zero-order valence-electron chi connectivity index (χ0n) is 19.3. The number of hydrogen-bond donors (Lipinski definition) is 2. The number of benzene rings is 2. The van der Waals surface area contributed by atoms with E-state index in [1.54, 1.807) is 12.1 Å². The lowest BCUT2D eigenvalue weighted by Crippen LogP contribution is -2.30. The summed E-state index contributed by atoms with van der Waals surface area (Å²) in [5.74, 6) is -3.74. The van der Waals surface area contributed by atoms with E-state index in [1.807, 2.05) is 36.4 Å². The lowest BCUT2D eigenvalue weighted by atomic mass is 9.90. The number of fused-ring (bicyclic) bond motifs is 1. The maximum atomic E-state index is 14.9. The Hall–Kier alpha value is -3.43. The van der Waals surface area contributed by atoms with Gasteiger partial charge in [0.05, 0.1) is 17.1 Å². The summed E-state index contributed by atoms with van der Waals surface area (Å²) in [5, 5.41) is 10.1. The van der Waals surface area contributed by atoms with Gasteiger partial charge in [0.15, 0.2) is 5.34 Å². The number of nitrogens with zero attached hydrogens (tertiary/aromatic N) is 3. The van der Waals surface area contributed by atoms with E-state index < -0.39 is 18.4 Å². The number of alkyl halides is 2. The maximum Gasteiger partial charge on any atom is 0.276 e. The van der Waals surface area contributed by atoms with Crippen molar-refractivity contribution in [3.63, 3.8) is 0 Å². The molecule has 1 aliphatic carbocycles. The molecule has 0 bridgehead atoms. The Kier molecular flexibility index (Phi) is 6.93. The lowest BCUT2D eigenvalue weighted by Gasteiger charge is -2.24. The molecule has 2 aliphatic rings. The third kappa shape index (κ3) is 5.08. The molecule has 7 nitrogen and oxygen atoms in total. The number of halogens is 3. The first-order valence-electron chi connectivity index (χ1n) is 11.7. The Morgan fingerprint density at radius 1 is 1.22 bits per heavy atom. The van der Waals surface area contributed by atoms with Gasteiger partial charge < -0.3 is 15.5 Å². The molecule has 0 radical (unpaired) electrons. The van der Waals surface area contributed by atoms with Gasteiger partial charge in [-0.2, -0.15) is 0 Å². The quantitative estimate of drug-likeness (QED) is 0.290. The van der Waals surface area contributed by atoms with Crippen LogP contribution in [0.4, 0.5) is 14.7 Å². The number of anilines is 1. The second kappa shape index (κ2) is 10.3. The summed E-state index contributed by atoms with van der Waals surface area (Å²) in [6.45, 7) is 2.05. The van der Waals surface area contributed by atoms with Crippen LogP contribution in [-0.2, 0) is 4.84 Å². The topological polar surface area (TPSA) is 88.5 Å². The standard InChI is InChI=1S/C26H24ClF2N5O2/c27-22-4-2-1-3-20(22)17-6-8-23-21(11-17)24(33-25(32-23)31-14-16-9-10-30-13-16)18-5-7-19(15-36-34-35)26(28,29)12-18/h1-8,11-12,16,19,30H,9-10,13-15H2,(H,31,32,33)/t16?,19-/m0/s1. The molecule has 1 saturated heterocycles. The Balaban J connectivity index is 1.58. The second-order valence-corrected chi connectivity index (χ2v) is 9.36. The zero-order valence-corrected chi connectivity index (χ0v) is 20.0. The van der Waals surface area contributed by atoms with Crippen molar-refractivity contribution in [1.82, 2.24) is 15.3 Å². The van der Waals surface area contributed by atoms with Gasteiger partial charge in [-0.15, -0.1) is 4.91 Å². The highest BCUT2D eigenvalue weighted by Crippen LogP contribution is 2.39. The summed E-state index contributed by atoms with van der Waals surface area (Å²) in [4.78, 5) is 23.9. The van der Waals surface area contributed by atoms with Crippen LogP contribution in [0.25, 0.3) is 27.6 Å². The minimum absolute atomic E-state index is 0.254. The largest absolute Gasteiger partial charge is 0.363 e. The number of hydrogen-bond acceptors (Lipinski definition) is 7. The van der Waals surface area contributed by atoms with Gasteiger partial charge in [-0.05, 0) is 55.3 Å². The van der Waals surface area contributed by atoms with Crippen LogP contribution in [0.5, 0.6) is 0 Å². The number of rotatable bonds is 8. The smallest absolute Gasteiger partial charge is 0.276 e. The molecule has 1 unspecified atom stereocenters. The van der Waals surface area contributed by atoms with Crippen molar-refractivity contribution in [1.29, 1.82) is 0 Å². The number of allylic oxidation sites excluding steroid dienone is 3. The molecular formula is C26H24ClF2N5O2. The molecule has 36 heavy (non-hydrogen) atoms. The average Bonchev–Trinajstić information content (AvgIpc) is 3.40. The van der Waals surface area contributed by atoms with E-state index in [0.717, 1.165) is 36.7 Å². The molecule has 186 valence electrons. The second-order valence-electron chi connectivity index (χ2n) is 8.96. The zero-order chi connectivity index (χ0) is 25.1. The molecule has 2 aromatic carbocycles. The Morgan fingerprint density at radius 2 is 2.08 bits per heavy atom. The molecule has 5 rings (SSSR count). The van der Waals surface area contributed by atoms with Crippen molar-refractivity contribution in [3.05, 3.63) is 76.3 Å². The van der Waals surface area contributed by atoms with Gasteiger partial charge in [-0.3, -0.25) is 0 Å². The molecule has 1 fully saturated rings. The summed E-state index contributed by atoms with van der Waals surface area (Å²) < 4.78 is 29.9. The van der Waals surface area contributed by atoms with Gasteiger partial charge in [0, 0.05) is 28.1 Å². The van der Waals surface area contributed by atoms with Crippen molar-refractivity contribution in [2.24, 2.45) is 17.2 Å². The molecule has 2 atom stereocenters. The Labute approximate surface area is 211 Å². The van der Waals surface area contributed by atoms with Crippen LogP contribution in [0.2, 0.25) is 5.02 Å². The van der Waals surface area contributed by atoms with Crippen LogP contribution in [0.15, 0.2) is 66.0 Å². The molecular weight excluding hydrogens is 488 g/mol. The summed E-state index contributed by atoms with van der Waals surface area (Å²) in [6, 6.07) is 13.1. The van der Waals surface area contributed by atoms with Crippen LogP contribution < -0.4 is 10.6 Å². The molecule has 3 aromatic rings. The van der Waals surface area contributed by atoms with Crippen molar-refractivity contribution < 1.29 is 13.6 Å². The van der Waals surface area contributed by atoms with Gasteiger partial charge in [0.2, 0.25) is 5.95 Å². The first-order chi connectivity index (χ1) is 17.4. The summed E-state index contributed by atoms with van der Waals surface area (Å²) >= 11 is 6.41. The van der Waals surface area contributed by atoms with Gasteiger partial charge in [0.1, 0.15) is 6.61 Å². The minimum atomic E-state index is -3.25. The van der Waals surface area contributed by atoms with Crippen LogP contribution >= 0.6 is 11.6 Å². The van der Waals surface area contributed by atoms with Crippen LogP contribution in [0.3, 0.4) is 0 Å². The fraction of sp³-hybridized carbons (Fsp3) is 0.308. The van der Waals surface area contributed by atoms with Gasteiger partial charge in [0.25, 0.3) is 5.92 Å². The summed E-state index contributed by atoms with van der Waals surface area (Å²) in [6.07, 6.45) is 4.81. The van der Waals surface area contributed by atoms with Crippen molar-refractivity contribution in [3.8, 4) is 11.1 Å². The van der Waals surface area contributed by atoms with E-state index in [1.165, 1.54) is 6.08 Å². The molecule has 1 aliphatic heterocycles. The van der Waals surface area contributed by atoms with E-state index in [2.05, 4.69) is 30.8 Å². The summed E-state index contributed by atoms with van der Waals surface area (Å²) in [5.41, 5.74) is 2.90. The molecule has 0 saturated carbocycles. The van der Waals surface area contributed by atoms with E-state index >= 15 is 0 Å². The molecule has 2 N–H and O–H groups in total. The minimum Gasteiger partial charge on any atom is -0.363 e. The molecule has 1 aromatic heterocycles. The highest BCUT2D eigenvalue weighted by molar-refractivity contribution is 6.33. The number of nitrogens with one attached hydrogen (secondary N) is 2. The molecule has 2 heterocycles. The normalized spacial score (nSPS) is 20.8. The molecule has 0 spiro atoms. The first-order valence-corrected chi connectivity index (χ1v) is 12.1. The van der Waals surface area contributed by atoms with E-state index in [4.69, 9.17) is 11.6 Å². The van der Waals surface area contributed by atoms with Crippen LogP contribution in [0, 0.1) is 16.7 Å². The van der Waals surface area contributed by atoms with Gasteiger partial charge in [-0.1, -0.05) is 48.0 Å². The third-order valence-corrected chi connectivity index (χ3v) is 6.85. The van der Waals surface area contributed by atoms with Crippen molar-refractivity contribution in [2.45, 2.75) is 12.3 Å². The van der Waals surface area contributed by atoms with Crippen LogP contribution in [-0.4, -0.2) is 42.1 Å². The third-order valence-electron chi connectivity index (χ3n) is 6.52. The maximum absolute atomic E-state index is 14.9. The monoisotopic (exact) mass is 511 g/mol. The molecule has 10 heteroatoms. The fourth-order valence-electron chi connectivity index (χ4n) is 4.55. The Bertz CT molecular complexity index is 1340. The number of aromatic nitrogens is 2. The lowest BCUT2D eigenvalue weighted by molar-refractivity contribution is -0.0295. The Morgan fingerprint density at radius 3 is 2.83 bits per heavy atom. The van der Waals surface area contributed by atoms with Crippen molar-refractivity contribution in [2.75, 3.05) is 31.6 Å². The highest BCUT2D eigenvalue weighted by Gasteiger charge is 2.39. The molecule has 0 amide bonds. The predicted molar refractivity (Wildman–Crippen MR) is 137 cm³/mol. The first kappa shape index (κ1) is 24.3. The van der Waals surface area contributed by atoms with Crippen molar-refractivity contribution >= 4 is 34.0 Å². The van der Waals surface area contributed by atoms with E-state index in [0.29, 0.717) is 40.0 Å². The van der Waals surface area contributed by atoms with Gasteiger partial charge in [-0.25, -0.2) is 18.7 Å². The average molecular weight is 512 g/mol.